The largest absolute Gasteiger partial charge is 0.504 e. The van der Waals surface area contributed by atoms with Gasteiger partial charge in [-0.3, -0.25) is 9.69 Å². The first-order chi connectivity index (χ1) is 18.3. The van der Waals surface area contributed by atoms with Crippen LogP contribution in [0.4, 0.5) is 0 Å². The summed E-state index contributed by atoms with van der Waals surface area (Å²) in [7, 11) is 0. The standard InChI is InChI=1S/C32H38N2O4/c1-4-17-33-18-16-31-28-23-11-12-25(35)29(28)38-30(31)24(14-15-32(31,37)26(33)19-23)34(20-21(2)3)27(36)13-10-22-8-6-5-7-9-22/h4-13,21,24,26,30,35,37H,1,14-20H2,2-3H3/t24?,26-,30?,31+,32-/m1/s1. The minimum atomic E-state index is -1.01. The van der Waals surface area contributed by atoms with Gasteiger partial charge in [0.25, 0.3) is 0 Å². The quantitative estimate of drug-likeness (QED) is 0.426. The van der Waals surface area contributed by atoms with Gasteiger partial charge in [-0.2, -0.15) is 0 Å². The van der Waals surface area contributed by atoms with Gasteiger partial charge in [0, 0.05) is 30.8 Å². The van der Waals surface area contributed by atoms with Gasteiger partial charge in [0.2, 0.25) is 5.91 Å². The number of rotatable bonds is 7. The Bertz CT molecular complexity index is 1270. The molecule has 6 nitrogen and oxygen atoms in total. The maximum absolute atomic E-state index is 13.8. The smallest absolute Gasteiger partial charge is 0.246 e. The van der Waals surface area contributed by atoms with Crippen molar-refractivity contribution in [2.45, 2.75) is 68.7 Å². The highest BCUT2D eigenvalue weighted by atomic mass is 16.5. The van der Waals surface area contributed by atoms with Crippen LogP contribution in [0.15, 0.2) is 61.2 Å². The van der Waals surface area contributed by atoms with Gasteiger partial charge in [0.1, 0.15) is 6.10 Å². The molecule has 1 amide bonds. The molecule has 6 rings (SSSR count). The fraction of sp³-hybridized carbons (Fsp3) is 0.469. The third kappa shape index (κ3) is 3.57. The molecular weight excluding hydrogens is 476 g/mol. The number of aromatic hydroxyl groups is 1. The Morgan fingerprint density at radius 3 is 2.76 bits per heavy atom. The van der Waals surface area contributed by atoms with Crippen LogP contribution in [-0.2, 0) is 16.6 Å². The van der Waals surface area contributed by atoms with Crippen LogP contribution in [0.1, 0.15) is 49.8 Å². The average Bonchev–Trinajstić information content (AvgIpc) is 3.26. The Kier molecular flexibility index (Phi) is 6.15. The summed E-state index contributed by atoms with van der Waals surface area (Å²) in [5.74, 6) is 0.843. The van der Waals surface area contributed by atoms with E-state index in [1.807, 2.05) is 53.5 Å². The van der Waals surface area contributed by atoms with Crippen molar-refractivity contribution >= 4 is 12.0 Å². The van der Waals surface area contributed by atoms with Crippen LogP contribution in [0.2, 0.25) is 0 Å². The fourth-order valence-corrected chi connectivity index (χ4v) is 7.92. The van der Waals surface area contributed by atoms with Gasteiger partial charge in [0.15, 0.2) is 11.5 Å². The highest BCUT2D eigenvalue weighted by Gasteiger charge is 2.73. The van der Waals surface area contributed by atoms with E-state index in [9.17, 15) is 15.0 Å². The fourth-order valence-electron chi connectivity index (χ4n) is 7.92. The molecule has 200 valence electrons. The molecule has 2 aliphatic heterocycles. The summed E-state index contributed by atoms with van der Waals surface area (Å²) >= 11 is 0. The Balaban J connectivity index is 1.43. The molecular formula is C32H38N2O4. The van der Waals surface area contributed by atoms with Crippen molar-refractivity contribution in [1.29, 1.82) is 0 Å². The number of hydrogen-bond donors (Lipinski definition) is 2. The number of ether oxygens (including phenoxy) is 1. The van der Waals surface area contributed by atoms with Crippen LogP contribution < -0.4 is 4.74 Å². The third-order valence-electron chi connectivity index (χ3n) is 9.37. The van der Waals surface area contributed by atoms with E-state index >= 15 is 0 Å². The second-order valence-corrected chi connectivity index (χ2v) is 11.9. The monoisotopic (exact) mass is 514 g/mol. The Morgan fingerprint density at radius 2 is 2.03 bits per heavy atom. The SMILES string of the molecule is C=CCN1CC[C@]23c4c5ccc(O)c4OC2C(N(CC(C)C)C(=O)C=Cc2ccccc2)CC[C@@]3(O)[C@H]1C5. The van der Waals surface area contributed by atoms with Crippen molar-refractivity contribution in [3.05, 3.63) is 77.9 Å². The summed E-state index contributed by atoms with van der Waals surface area (Å²) in [5.41, 5.74) is 1.41. The lowest BCUT2D eigenvalue weighted by molar-refractivity contribution is -0.199. The summed E-state index contributed by atoms with van der Waals surface area (Å²) in [6.45, 7) is 10.3. The van der Waals surface area contributed by atoms with Crippen molar-refractivity contribution in [2.24, 2.45) is 5.92 Å². The van der Waals surface area contributed by atoms with Gasteiger partial charge in [-0.1, -0.05) is 56.3 Å². The van der Waals surface area contributed by atoms with Crippen molar-refractivity contribution < 1.29 is 19.7 Å². The van der Waals surface area contributed by atoms with Gasteiger partial charge in [0.05, 0.1) is 17.1 Å². The molecule has 2 aliphatic carbocycles. The maximum atomic E-state index is 13.8. The molecule has 38 heavy (non-hydrogen) atoms. The predicted molar refractivity (Wildman–Crippen MR) is 148 cm³/mol. The molecule has 0 aromatic heterocycles. The Labute approximate surface area is 225 Å². The van der Waals surface area contributed by atoms with E-state index < -0.39 is 17.1 Å². The molecule has 5 atom stereocenters. The van der Waals surface area contributed by atoms with Crippen LogP contribution in [0.25, 0.3) is 6.08 Å². The molecule has 2 fully saturated rings. The molecule has 2 N–H and O–H groups in total. The van der Waals surface area contributed by atoms with E-state index in [2.05, 4.69) is 25.3 Å². The van der Waals surface area contributed by atoms with Gasteiger partial charge in [-0.05, 0) is 61.4 Å². The molecule has 2 bridgehead atoms. The first-order valence-electron chi connectivity index (χ1n) is 13.9. The van der Waals surface area contributed by atoms with E-state index in [1.165, 1.54) is 0 Å². The van der Waals surface area contributed by atoms with Crippen molar-refractivity contribution in [2.75, 3.05) is 19.6 Å². The first kappa shape index (κ1) is 25.2. The van der Waals surface area contributed by atoms with Crippen LogP contribution >= 0.6 is 0 Å². The number of phenolic OH excluding ortho intramolecular Hbond substituents is 1. The number of carbonyl (C=O) groups excluding carboxylic acids is 1. The lowest BCUT2D eigenvalue weighted by atomic mass is 9.48. The van der Waals surface area contributed by atoms with Crippen molar-refractivity contribution in [1.82, 2.24) is 9.80 Å². The minimum Gasteiger partial charge on any atom is -0.504 e. The summed E-state index contributed by atoms with van der Waals surface area (Å²) in [4.78, 5) is 18.1. The van der Waals surface area contributed by atoms with E-state index in [0.717, 1.165) is 29.8 Å². The van der Waals surface area contributed by atoms with Crippen molar-refractivity contribution in [3.63, 3.8) is 0 Å². The molecule has 2 aromatic carbocycles. The zero-order chi connectivity index (χ0) is 26.7. The third-order valence-corrected chi connectivity index (χ3v) is 9.37. The molecule has 1 saturated heterocycles. The van der Waals surface area contributed by atoms with Gasteiger partial charge >= 0.3 is 0 Å². The van der Waals surface area contributed by atoms with Gasteiger partial charge < -0.3 is 19.8 Å². The number of amides is 1. The molecule has 4 aliphatic rings. The van der Waals surface area contributed by atoms with E-state index in [0.29, 0.717) is 38.0 Å². The molecule has 1 saturated carbocycles. The summed E-state index contributed by atoms with van der Waals surface area (Å²) in [6.07, 6.45) is 7.66. The highest BCUT2D eigenvalue weighted by molar-refractivity contribution is 5.92. The number of aliphatic hydroxyl groups is 1. The number of hydrogen-bond acceptors (Lipinski definition) is 5. The number of phenols is 1. The summed E-state index contributed by atoms with van der Waals surface area (Å²) in [6, 6.07) is 13.3. The zero-order valence-corrected chi connectivity index (χ0v) is 22.3. The molecule has 1 spiro atoms. The Hall–Kier alpha value is -3.09. The number of benzene rings is 2. The van der Waals surface area contributed by atoms with Crippen molar-refractivity contribution in [3.8, 4) is 11.5 Å². The van der Waals surface area contributed by atoms with Crippen LogP contribution in [0.5, 0.6) is 11.5 Å². The molecule has 6 heteroatoms. The van der Waals surface area contributed by atoms with Crippen LogP contribution in [-0.4, -0.2) is 69.3 Å². The molecule has 2 aromatic rings. The lowest BCUT2D eigenvalue weighted by Gasteiger charge is -2.64. The summed E-state index contributed by atoms with van der Waals surface area (Å²) < 4.78 is 6.69. The van der Waals surface area contributed by atoms with Crippen LogP contribution in [0, 0.1) is 5.92 Å². The molecule has 2 unspecified atom stereocenters. The maximum Gasteiger partial charge on any atom is 0.246 e. The van der Waals surface area contributed by atoms with E-state index in [4.69, 9.17) is 4.74 Å². The first-order valence-corrected chi connectivity index (χ1v) is 13.9. The van der Waals surface area contributed by atoms with Gasteiger partial charge in [-0.15, -0.1) is 6.58 Å². The molecule has 0 radical (unpaired) electrons. The second-order valence-electron chi connectivity index (χ2n) is 11.9. The predicted octanol–water partition coefficient (Wildman–Crippen LogP) is 4.30. The Morgan fingerprint density at radius 1 is 1.24 bits per heavy atom. The number of carbonyl (C=O) groups is 1. The number of nitrogens with zero attached hydrogens (tertiary/aromatic N) is 2. The topological polar surface area (TPSA) is 73.2 Å². The van der Waals surface area contributed by atoms with E-state index in [1.54, 1.807) is 12.1 Å². The highest BCUT2D eigenvalue weighted by Crippen LogP contribution is 2.65. The zero-order valence-electron chi connectivity index (χ0n) is 22.3. The minimum absolute atomic E-state index is 0.0464. The molecule has 2 heterocycles. The van der Waals surface area contributed by atoms with Crippen LogP contribution in [0.3, 0.4) is 0 Å². The number of likely N-dealkylation sites (tertiary alicyclic amines) is 1. The van der Waals surface area contributed by atoms with E-state index in [-0.39, 0.29) is 29.7 Å². The lowest BCUT2D eigenvalue weighted by Crippen LogP contribution is -2.78. The van der Waals surface area contributed by atoms with Gasteiger partial charge in [-0.25, -0.2) is 0 Å². The normalized spacial score (nSPS) is 31.2. The number of piperidine rings is 1. The second kappa shape index (κ2) is 9.28. The summed E-state index contributed by atoms with van der Waals surface area (Å²) in [5, 5.41) is 23.5. The average molecular weight is 515 g/mol.